The number of hydrogen-bond donors (Lipinski definition) is 0. The molecule has 0 N–H and O–H groups in total. The van der Waals surface area contributed by atoms with Crippen LogP contribution in [0.4, 0.5) is 0 Å². The summed E-state index contributed by atoms with van der Waals surface area (Å²) in [5, 5.41) is 0.603. The summed E-state index contributed by atoms with van der Waals surface area (Å²) in [5.74, 6) is -0.217. The standard InChI is InChI=1S/C20H20ClNO4/c1-14-10-17(21)6-7-18(14)25-13-20(24)26-12-19(23)22-9-8-15-4-2-3-5-16(15)11-22/h2-7,10H,8-9,11-13H2,1H3. The van der Waals surface area contributed by atoms with Gasteiger partial charge in [-0.25, -0.2) is 4.79 Å². The van der Waals surface area contributed by atoms with Gasteiger partial charge in [-0.05, 0) is 48.2 Å². The number of rotatable bonds is 5. The minimum atomic E-state index is -0.579. The number of amides is 1. The molecule has 1 aliphatic rings. The second-order valence-electron chi connectivity index (χ2n) is 6.19. The maximum atomic E-state index is 12.3. The average molecular weight is 374 g/mol. The van der Waals surface area contributed by atoms with E-state index in [0.29, 0.717) is 23.9 Å². The van der Waals surface area contributed by atoms with Gasteiger partial charge in [-0.15, -0.1) is 0 Å². The highest BCUT2D eigenvalue weighted by Crippen LogP contribution is 2.22. The van der Waals surface area contributed by atoms with Crippen LogP contribution in [0.5, 0.6) is 5.75 Å². The fourth-order valence-corrected chi connectivity index (χ4v) is 3.12. The number of nitrogens with zero attached hydrogens (tertiary/aromatic N) is 1. The Kier molecular flexibility index (Phi) is 5.78. The van der Waals surface area contributed by atoms with E-state index >= 15 is 0 Å². The molecule has 0 bridgehead atoms. The Bertz CT molecular complexity index is 821. The summed E-state index contributed by atoms with van der Waals surface area (Å²) >= 11 is 5.88. The highest BCUT2D eigenvalue weighted by molar-refractivity contribution is 6.30. The molecule has 0 saturated heterocycles. The Morgan fingerprint density at radius 3 is 2.65 bits per heavy atom. The molecule has 0 aliphatic carbocycles. The fraction of sp³-hybridized carbons (Fsp3) is 0.300. The lowest BCUT2D eigenvalue weighted by Crippen LogP contribution is -2.38. The summed E-state index contributed by atoms with van der Waals surface area (Å²) in [5.41, 5.74) is 3.23. The van der Waals surface area contributed by atoms with Crippen molar-refractivity contribution >= 4 is 23.5 Å². The van der Waals surface area contributed by atoms with Gasteiger partial charge in [0.1, 0.15) is 5.75 Å². The predicted molar refractivity (Wildman–Crippen MR) is 98.2 cm³/mol. The van der Waals surface area contributed by atoms with Crippen LogP contribution in [-0.4, -0.2) is 36.5 Å². The van der Waals surface area contributed by atoms with Crippen LogP contribution in [0.15, 0.2) is 42.5 Å². The molecule has 2 aromatic rings. The summed E-state index contributed by atoms with van der Waals surface area (Å²) in [6, 6.07) is 13.2. The number of aryl methyl sites for hydroxylation is 1. The predicted octanol–water partition coefficient (Wildman–Crippen LogP) is 3.16. The summed E-state index contributed by atoms with van der Waals surface area (Å²) in [6.07, 6.45) is 0.814. The lowest BCUT2D eigenvalue weighted by molar-refractivity contribution is -0.154. The quantitative estimate of drug-likeness (QED) is 0.755. The molecule has 1 heterocycles. The maximum absolute atomic E-state index is 12.3. The summed E-state index contributed by atoms with van der Waals surface area (Å²) < 4.78 is 10.5. The van der Waals surface area contributed by atoms with Gasteiger partial charge < -0.3 is 14.4 Å². The van der Waals surface area contributed by atoms with Gasteiger partial charge in [0.25, 0.3) is 5.91 Å². The van der Waals surface area contributed by atoms with E-state index in [2.05, 4.69) is 6.07 Å². The van der Waals surface area contributed by atoms with Crippen molar-refractivity contribution in [1.82, 2.24) is 4.90 Å². The number of halogens is 1. The Morgan fingerprint density at radius 2 is 1.88 bits per heavy atom. The molecule has 6 heteroatoms. The third kappa shape index (κ3) is 4.55. The van der Waals surface area contributed by atoms with Gasteiger partial charge >= 0.3 is 5.97 Å². The number of fused-ring (bicyclic) bond motifs is 1. The van der Waals surface area contributed by atoms with Crippen LogP contribution in [0, 0.1) is 6.92 Å². The SMILES string of the molecule is Cc1cc(Cl)ccc1OCC(=O)OCC(=O)N1CCc2ccccc2C1. The smallest absolute Gasteiger partial charge is 0.344 e. The number of carbonyl (C=O) groups excluding carboxylic acids is 2. The van der Waals surface area contributed by atoms with E-state index in [1.54, 1.807) is 23.1 Å². The zero-order valence-electron chi connectivity index (χ0n) is 14.5. The molecule has 26 heavy (non-hydrogen) atoms. The van der Waals surface area contributed by atoms with Gasteiger partial charge in [-0.2, -0.15) is 0 Å². The molecular formula is C20H20ClNO4. The van der Waals surface area contributed by atoms with E-state index in [9.17, 15) is 9.59 Å². The first-order valence-electron chi connectivity index (χ1n) is 8.42. The Hall–Kier alpha value is -2.53. The van der Waals surface area contributed by atoms with Crippen molar-refractivity contribution in [3.05, 3.63) is 64.2 Å². The summed E-state index contributed by atoms with van der Waals surface area (Å²) in [4.78, 5) is 25.8. The van der Waals surface area contributed by atoms with Crippen molar-refractivity contribution in [2.24, 2.45) is 0 Å². The second-order valence-corrected chi connectivity index (χ2v) is 6.63. The number of benzene rings is 2. The minimum absolute atomic E-state index is 0.199. The normalized spacial score (nSPS) is 13.1. The van der Waals surface area contributed by atoms with Gasteiger partial charge in [0.05, 0.1) is 0 Å². The monoisotopic (exact) mass is 373 g/mol. The van der Waals surface area contributed by atoms with Crippen molar-refractivity contribution in [1.29, 1.82) is 0 Å². The first-order chi connectivity index (χ1) is 12.5. The Labute approximate surface area is 157 Å². The number of carbonyl (C=O) groups is 2. The zero-order chi connectivity index (χ0) is 18.5. The lowest BCUT2D eigenvalue weighted by Gasteiger charge is -2.28. The topological polar surface area (TPSA) is 55.8 Å². The lowest BCUT2D eigenvalue weighted by atomic mass is 10.00. The molecule has 0 atom stereocenters. The first kappa shape index (κ1) is 18.3. The molecule has 136 valence electrons. The van der Waals surface area contributed by atoms with Crippen molar-refractivity contribution in [2.75, 3.05) is 19.8 Å². The van der Waals surface area contributed by atoms with Crippen molar-refractivity contribution < 1.29 is 19.1 Å². The number of ether oxygens (including phenoxy) is 2. The van der Waals surface area contributed by atoms with Crippen LogP contribution in [0.1, 0.15) is 16.7 Å². The molecule has 1 aliphatic heterocycles. The van der Waals surface area contributed by atoms with E-state index in [-0.39, 0.29) is 19.1 Å². The van der Waals surface area contributed by atoms with E-state index in [1.165, 1.54) is 5.56 Å². The summed E-state index contributed by atoms with van der Waals surface area (Å²) in [7, 11) is 0. The third-order valence-electron chi connectivity index (χ3n) is 4.32. The molecule has 0 saturated carbocycles. The van der Waals surface area contributed by atoms with Gasteiger partial charge in [0, 0.05) is 18.1 Å². The molecule has 0 aromatic heterocycles. The second kappa shape index (κ2) is 8.23. The first-order valence-corrected chi connectivity index (χ1v) is 8.80. The molecule has 0 radical (unpaired) electrons. The Balaban J connectivity index is 1.45. The number of esters is 1. The number of hydrogen-bond acceptors (Lipinski definition) is 4. The Morgan fingerprint density at radius 1 is 1.12 bits per heavy atom. The third-order valence-corrected chi connectivity index (χ3v) is 4.56. The van der Waals surface area contributed by atoms with Crippen LogP contribution < -0.4 is 4.74 Å². The van der Waals surface area contributed by atoms with Crippen LogP contribution in [0.3, 0.4) is 0 Å². The maximum Gasteiger partial charge on any atom is 0.344 e. The minimum Gasteiger partial charge on any atom is -0.482 e. The fourth-order valence-electron chi connectivity index (χ4n) is 2.90. The van der Waals surface area contributed by atoms with Crippen molar-refractivity contribution in [3.8, 4) is 5.75 Å². The van der Waals surface area contributed by atoms with Crippen molar-refractivity contribution in [3.63, 3.8) is 0 Å². The zero-order valence-corrected chi connectivity index (χ0v) is 15.3. The molecule has 0 fully saturated rings. The highest BCUT2D eigenvalue weighted by atomic mass is 35.5. The molecule has 0 unspecified atom stereocenters. The van der Waals surface area contributed by atoms with E-state index in [0.717, 1.165) is 17.5 Å². The molecule has 3 rings (SSSR count). The van der Waals surface area contributed by atoms with Crippen LogP contribution in [-0.2, 0) is 27.3 Å². The molecule has 0 spiro atoms. The van der Waals surface area contributed by atoms with Crippen LogP contribution in [0.2, 0.25) is 5.02 Å². The van der Waals surface area contributed by atoms with E-state index in [1.807, 2.05) is 25.1 Å². The highest BCUT2D eigenvalue weighted by Gasteiger charge is 2.21. The van der Waals surface area contributed by atoms with Crippen LogP contribution in [0.25, 0.3) is 0 Å². The largest absolute Gasteiger partial charge is 0.482 e. The molecule has 5 nitrogen and oxygen atoms in total. The van der Waals surface area contributed by atoms with Crippen LogP contribution >= 0.6 is 11.6 Å². The van der Waals surface area contributed by atoms with E-state index in [4.69, 9.17) is 21.1 Å². The molecule has 2 aromatic carbocycles. The summed E-state index contributed by atoms with van der Waals surface area (Å²) in [6.45, 7) is 2.49. The van der Waals surface area contributed by atoms with Gasteiger partial charge in [0.2, 0.25) is 0 Å². The molecule has 1 amide bonds. The van der Waals surface area contributed by atoms with Gasteiger partial charge in [-0.3, -0.25) is 4.79 Å². The van der Waals surface area contributed by atoms with Crippen molar-refractivity contribution in [2.45, 2.75) is 19.9 Å². The van der Waals surface area contributed by atoms with E-state index < -0.39 is 5.97 Å². The van der Waals surface area contributed by atoms with Gasteiger partial charge in [0.15, 0.2) is 13.2 Å². The average Bonchev–Trinajstić information content (AvgIpc) is 2.65. The molecular weight excluding hydrogens is 354 g/mol. The van der Waals surface area contributed by atoms with Gasteiger partial charge in [-0.1, -0.05) is 35.9 Å².